The van der Waals surface area contributed by atoms with E-state index >= 15 is 0 Å². The van der Waals surface area contributed by atoms with Crippen LogP contribution in [0, 0.1) is 17.2 Å². The summed E-state index contributed by atoms with van der Waals surface area (Å²) in [6.45, 7) is 0.909. The highest BCUT2D eigenvalue weighted by atomic mass is 32.1. The summed E-state index contributed by atoms with van der Waals surface area (Å²) < 4.78 is 0. The van der Waals surface area contributed by atoms with Crippen molar-refractivity contribution < 1.29 is 0 Å². The molecule has 1 aliphatic rings. The molecular formula is C11H14N2S. The number of nitrogens with zero attached hydrogens (tertiary/aromatic N) is 1. The predicted molar refractivity (Wildman–Crippen MR) is 57.9 cm³/mol. The lowest BCUT2D eigenvalue weighted by molar-refractivity contribution is 0.465. The number of hydrogen-bond donors (Lipinski definition) is 1. The van der Waals surface area contributed by atoms with Crippen LogP contribution in [0.4, 0.5) is 0 Å². The third-order valence-corrected chi connectivity index (χ3v) is 3.56. The Kier molecular flexibility index (Phi) is 3.18. The van der Waals surface area contributed by atoms with Gasteiger partial charge < -0.3 is 5.32 Å². The first-order valence-corrected chi connectivity index (χ1v) is 5.98. The maximum absolute atomic E-state index is 8.91. The van der Waals surface area contributed by atoms with Crippen LogP contribution in [0.15, 0.2) is 16.8 Å². The lowest BCUT2D eigenvalue weighted by Gasteiger charge is -2.14. The minimum atomic E-state index is 0.230. The van der Waals surface area contributed by atoms with Crippen LogP contribution in [-0.4, -0.2) is 6.04 Å². The molecule has 0 spiro atoms. The van der Waals surface area contributed by atoms with E-state index in [0.717, 1.165) is 19.4 Å². The van der Waals surface area contributed by atoms with Gasteiger partial charge in [0.05, 0.1) is 12.0 Å². The number of thiophene rings is 1. The zero-order valence-electron chi connectivity index (χ0n) is 8.07. The Balaban J connectivity index is 1.83. The zero-order chi connectivity index (χ0) is 9.80. The fourth-order valence-corrected chi connectivity index (χ4v) is 2.67. The largest absolute Gasteiger partial charge is 0.309 e. The van der Waals surface area contributed by atoms with Gasteiger partial charge in [0.15, 0.2) is 0 Å². The Labute approximate surface area is 88.6 Å². The van der Waals surface area contributed by atoms with Gasteiger partial charge in [-0.05, 0) is 35.2 Å². The lowest BCUT2D eigenvalue weighted by Crippen LogP contribution is -2.31. The van der Waals surface area contributed by atoms with Gasteiger partial charge in [-0.3, -0.25) is 0 Å². The molecule has 1 heterocycles. The van der Waals surface area contributed by atoms with Crippen LogP contribution in [0.5, 0.6) is 0 Å². The zero-order valence-corrected chi connectivity index (χ0v) is 8.89. The fraction of sp³-hybridized carbons (Fsp3) is 0.545. The summed E-state index contributed by atoms with van der Waals surface area (Å²) in [5.74, 6) is 0.230. The van der Waals surface area contributed by atoms with Gasteiger partial charge >= 0.3 is 0 Å². The van der Waals surface area contributed by atoms with Crippen molar-refractivity contribution in [2.45, 2.75) is 31.8 Å². The molecule has 0 bridgehead atoms. The van der Waals surface area contributed by atoms with Gasteiger partial charge in [0.2, 0.25) is 0 Å². The van der Waals surface area contributed by atoms with Crippen LogP contribution in [-0.2, 0) is 6.54 Å². The van der Waals surface area contributed by atoms with Crippen molar-refractivity contribution >= 4 is 11.3 Å². The van der Waals surface area contributed by atoms with Crippen LogP contribution in [0.2, 0.25) is 0 Å². The van der Waals surface area contributed by atoms with Gasteiger partial charge in [0.25, 0.3) is 0 Å². The normalized spacial score (nSPS) is 26.2. The van der Waals surface area contributed by atoms with E-state index in [2.05, 4.69) is 28.2 Å². The van der Waals surface area contributed by atoms with Crippen molar-refractivity contribution in [1.29, 1.82) is 5.26 Å². The Bertz CT molecular complexity index is 313. The number of hydrogen-bond acceptors (Lipinski definition) is 3. The Hall–Kier alpha value is -0.850. The molecule has 1 aliphatic carbocycles. The quantitative estimate of drug-likeness (QED) is 0.825. The first-order valence-electron chi connectivity index (χ1n) is 5.04. The first kappa shape index (κ1) is 9.70. The molecule has 14 heavy (non-hydrogen) atoms. The highest BCUT2D eigenvalue weighted by molar-refractivity contribution is 7.07. The molecule has 1 aromatic heterocycles. The summed E-state index contributed by atoms with van der Waals surface area (Å²) in [5, 5.41) is 16.6. The number of nitriles is 1. The molecule has 0 aromatic carbocycles. The highest BCUT2D eigenvalue weighted by Crippen LogP contribution is 2.25. The molecule has 0 radical (unpaired) electrons. The van der Waals surface area contributed by atoms with E-state index in [1.165, 1.54) is 12.0 Å². The van der Waals surface area contributed by atoms with E-state index in [-0.39, 0.29) is 5.92 Å². The van der Waals surface area contributed by atoms with Gasteiger partial charge in [0.1, 0.15) is 0 Å². The van der Waals surface area contributed by atoms with Crippen molar-refractivity contribution in [3.05, 3.63) is 22.4 Å². The maximum atomic E-state index is 8.91. The molecule has 1 aromatic rings. The average molecular weight is 206 g/mol. The second-order valence-electron chi connectivity index (χ2n) is 3.79. The van der Waals surface area contributed by atoms with Gasteiger partial charge in [-0.25, -0.2) is 0 Å². The third-order valence-electron chi connectivity index (χ3n) is 2.83. The minimum absolute atomic E-state index is 0.230. The van der Waals surface area contributed by atoms with Gasteiger partial charge in [-0.2, -0.15) is 16.6 Å². The van der Waals surface area contributed by atoms with Gasteiger partial charge in [0, 0.05) is 12.6 Å². The Morgan fingerprint density at radius 2 is 2.50 bits per heavy atom. The second-order valence-corrected chi connectivity index (χ2v) is 4.57. The van der Waals surface area contributed by atoms with E-state index in [4.69, 9.17) is 5.26 Å². The van der Waals surface area contributed by atoms with E-state index in [1.807, 2.05) is 0 Å². The lowest BCUT2D eigenvalue weighted by atomic mass is 10.1. The Morgan fingerprint density at radius 3 is 3.21 bits per heavy atom. The summed E-state index contributed by atoms with van der Waals surface area (Å²) in [4.78, 5) is 0. The van der Waals surface area contributed by atoms with Crippen molar-refractivity contribution in [2.75, 3.05) is 0 Å². The Morgan fingerprint density at radius 1 is 1.57 bits per heavy atom. The summed E-state index contributed by atoms with van der Waals surface area (Å²) in [5.41, 5.74) is 1.33. The molecule has 0 aliphatic heterocycles. The minimum Gasteiger partial charge on any atom is -0.309 e. The summed E-state index contributed by atoms with van der Waals surface area (Å²) in [6.07, 6.45) is 3.42. The molecule has 2 rings (SSSR count). The predicted octanol–water partition coefficient (Wildman–Crippen LogP) is 2.53. The molecule has 2 unspecified atom stereocenters. The maximum Gasteiger partial charge on any atom is 0.0672 e. The molecule has 0 amide bonds. The molecule has 1 saturated carbocycles. The molecule has 2 nitrogen and oxygen atoms in total. The van der Waals surface area contributed by atoms with E-state index < -0.39 is 0 Å². The molecule has 74 valence electrons. The summed E-state index contributed by atoms with van der Waals surface area (Å²) in [6, 6.07) is 4.93. The van der Waals surface area contributed by atoms with Crippen molar-refractivity contribution in [3.63, 3.8) is 0 Å². The van der Waals surface area contributed by atoms with E-state index in [0.29, 0.717) is 6.04 Å². The van der Waals surface area contributed by atoms with Crippen molar-refractivity contribution in [1.82, 2.24) is 5.32 Å². The average Bonchev–Trinajstić information content (AvgIpc) is 2.85. The standard InChI is InChI=1S/C11H14N2S/c12-6-10-2-1-3-11(10)13-7-9-4-5-14-8-9/h4-5,8,10-11,13H,1-3,7H2. The van der Waals surface area contributed by atoms with Crippen molar-refractivity contribution in [3.8, 4) is 6.07 Å². The van der Waals surface area contributed by atoms with Gasteiger partial charge in [-0.1, -0.05) is 6.42 Å². The molecule has 0 saturated heterocycles. The topological polar surface area (TPSA) is 35.8 Å². The van der Waals surface area contributed by atoms with Crippen LogP contribution in [0.25, 0.3) is 0 Å². The molecule has 1 fully saturated rings. The highest BCUT2D eigenvalue weighted by Gasteiger charge is 2.26. The van der Waals surface area contributed by atoms with Crippen LogP contribution >= 0.6 is 11.3 Å². The molecule has 2 atom stereocenters. The molecule has 1 N–H and O–H groups in total. The van der Waals surface area contributed by atoms with E-state index in [1.54, 1.807) is 11.3 Å². The SMILES string of the molecule is N#CC1CCCC1NCc1ccsc1. The monoisotopic (exact) mass is 206 g/mol. The van der Waals surface area contributed by atoms with E-state index in [9.17, 15) is 0 Å². The fourth-order valence-electron chi connectivity index (χ4n) is 2.00. The van der Waals surface area contributed by atoms with Crippen LogP contribution in [0.1, 0.15) is 24.8 Å². The van der Waals surface area contributed by atoms with Crippen LogP contribution in [0.3, 0.4) is 0 Å². The molecule has 3 heteroatoms. The van der Waals surface area contributed by atoms with Crippen molar-refractivity contribution in [2.24, 2.45) is 5.92 Å². The second kappa shape index (κ2) is 4.59. The number of nitrogens with one attached hydrogen (secondary N) is 1. The first-order chi connectivity index (χ1) is 6.90. The smallest absolute Gasteiger partial charge is 0.0672 e. The number of rotatable bonds is 3. The summed E-state index contributed by atoms with van der Waals surface area (Å²) >= 11 is 1.72. The van der Waals surface area contributed by atoms with Gasteiger partial charge in [-0.15, -0.1) is 0 Å². The molecular weight excluding hydrogens is 192 g/mol. The van der Waals surface area contributed by atoms with Crippen LogP contribution < -0.4 is 5.32 Å². The third kappa shape index (κ3) is 2.14. The summed E-state index contributed by atoms with van der Waals surface area (Å²) in [7, 11) is 0.